The molecule has 1 saturated heterocycles. The number of rotatable bonds is 6. The largest absolute Gasteiger partial charge is 0.489 e. The number of nitrogens with zero attached hydrogens (tertiary/aromatic N) is 1. The van der Waals surface area contributed by atoms with Gasteiger partial charge in [0.05, 0.1) is 16.0 Å². The van der Waals surface area contributed by atoms with Gasteiger partial charge in [-0.2, -0.15) is 0 Å². The summed E-state index contributed by atoms with van der Waals surface area (Å²) in [6.07, 6.45) is 3.41. The van der Waals surface area contributed by atoms with E-state index in [2.05, 4.69) is 0 Å². The second-order valence-corrected chi connectivity index (χ2v) is 7.24. The molecule has 6 heteroatoms. The lowest BCUT2D eigenvalue weighted by molar-refractivity contribution is -0.124. The monoisotopic (exact) mass is 367 g/mol. The molecular formula is C18H22ClNO3S. The van der Waals surface area contributed by atoms with Crippen LogP contribution in [0, 0.1) is 0 Å². The van der Waals surface area contributed by atoms with Crippen LogP contribution in [0.1, 0.15) is 46.1 Å². The Morgan fingerprint density at radius 1 is 1.25 bits per heavy atom. The minimum Gasteiger partial charge on any atom is -0.489 e. The predicted molar refractivity (Wildman–Crippen MR) is 99.4 cm³/mol. The van der Waals surface area contributed by atoms with Crippen LogP contribution in [0.2, 0.25) is 5.02 Å². The maximum Gasteiger partial charge on any atom is 0.293 e. The zero-order chi connectivity index (χ0) is 17.9. The van der Waals surface area contributed by atoms with Crippen molar-refractivity contribution in [3.05, 3.63) is 33.7 Å². The van der Waals surface area contributed by atoms with E-state index in [1.807, 2.05) is 33.8 Å². The first-order valence-electron chi connectivity index (χ1n) is 8.10. The van der Waals surface area contributed by atoms with E-state index in [1.165, 1.54) is 4.90 Å². The molecule has 4 nitrogen and oxygen atoms in total. The summed E-state index contributed by atoms with van der Waals surface area (Å²) >= 11 is 7.23. The summed E-state index contributed by atoms with van der Waals surface area (Å²) < 4.78 is 5.73. The number of benzene rings is 1. The molecule has 1 aliphatic rings. The minimum absolute atomic E-state index is 0.0837. The first kappa shape index (κ1) is 18.9. The molecule has 1 aliphatic heterocycles. The van der Waals surface area contributed by atoms with Crippen LogP contribution in [-0.4, -0.2) is 28.2 Å². The number of hydrogen-bond donors (Lipinski definition) is 0. The Morgan fingerprint density at radius 2 is 1.96 bits per heavy atom. The van der Waals surface area contributed by atoms with Crippen molar-refractivity contribution in [2.75, 3.05) is 0 Å². The van der Waals surface area contributed by atoms with Crippen molar-refractivity contribution in [2.24, 2.45) is 0 Å². The Balaban J connectivity index is 2.21. The Bertz CT molecular complexity index is 674. The lowest BCUT2D eigenvalue weighted by Crippen LogP contribution is -2.36. The van der Waals surface area contributed by atoms with E-state index in [0.717, 1.165) is 30.2 Å². The fourth-order valence-corrected chi connectivity index (χ4v) is 3.36. The normalized spacial score (nSPS) is 19.0. The highest BCUT2D eigenvalue weighted by Crippen LogP contribution is 2.35. The molecule has 0 unspecified atom stereocenters. The number of ether oxygens (including phenoxy) is 1. The highest BCUT2D eigenvalue weighted by Gasteiger charge is 2.37. The maximum absolute atomic E-state index is 12.4. The molecule has 1 fully saturated rings. The summed E-state index contributed by atoms with van der Waals surface area (Å²) in [5, 5.41) is 0.272. The number of halogens is 1. The fraction of sp³-hybridized carbons (Fsp3) is 0.444. The number of thioether (sulfide) groups is 1. The second-order valence-electron chi connectivity index (χ2n) is 5.84. The van der Waals surface area contributed by atoms with Gasteiger partial charge in [-0.15, -0.1) is 0 Å². The standard InChI is InChI=1S/C18H22ClNO3S/c1-5-11(3)20-17(21)16(24-18(20)22)10-13-7-8-15(14(19)9-13)23-12(4)6-2/h7-12H,5-6H2,1-4H3/b16-10+/t11-,12-/m1/s1. The third-order valence-electron chi connectivity index (χ3n) is 4.01. The highest BCUT2D eigenvalue weighted by atomic mass is 35.5. The molecule has 0 radical (unpaired) electrons. The topological polar surface area (TPSA) is 46.6 Å². The van der Waals surface area contributed by atoms with Gasteiger partial charge >= 0.3 is 0 Å². The lowest BCUT2D eigenvalue weighted by Gasteiger charge is -2.19. The van der Waals surface area contributed by atoms with E-state index in [0.29, 0.717) is 15.7 Å². The molecule has 0 bridgehead atoms. The van der Waals surface area contributed by atoms with Crippen molar-refractivity contribution in [1.29, 1.82) is 0 Å². The third-order valence-corrected chi connectivity index (χ3v) is 5.19. The van der Waals surface area contributed by atoms with Gasteiger partial charge < -0.3 is 4.74 Å². The van der Waals surface area contributed by atoms with Gasteiger partial charge in [0, 0.05) is 6.04 Å². The highest BCUT2D eigenvalue weighted by molar-refractivity contribution is 8.18. The SMILES string of the molecule is CC[C@@H](C)Oc1ccc(/C=C2/SC(=O)N([C@H](C)CC)C2=O)cc1Cl. The molecule has 2 amide bonds. The van der Waals surface area contributed by atoms with Crippen LogP contribution in [0.3, 0.4) is 0 Å². The number of imide groups is 1. The summed E-state index contributed by atoms with van der Waals surface area (Å²) in [6.45, 7) is 7.85. The molecule has 0 aliphatic carbocycles. The van der Waals surface area contributed by atoms with Crippen molar-refractivity contribution < 1.29 is 14.3 Å². The van der Waals surface area contributed by atoms with Gasteiger partial charge in [-0.1, -0.05) is 31.5 Å². The van der Waals surface area contributed by atoms with Crippen LogP contribution < -0.4 is 4.74 Å². The average Bonchev–Trinajstić information content (AvgIpc) is 2.83. The van der Waals surface area contributed by atoms with Crippen LogP contribution in [0.25, 0.3) is 6.08 Å². The molecule has 1 aromatic rings. The van der Waals surface area contributed by atoms with E-state index in [9.17, 15) is 9.59 Å². The van der Waals surface area contributed by atoms with Crippen molar-refractivity contribution in [1.82, 2.24) is 4.90 Å². The zero-order valence-electron chi connectivity index (χ0n) is 14.3. The molecule has 0 aromatic heterocycles. The molecule has 2 rings (SSSR count). The van der Waals surface area contributed by atoms with E-state index in [-0.39, 0.29) is 23.3 Å². The summed E-state index contributed by atoms with van der Waals surface area (Å²) in [6, 6.07) is 5.27. The van der Waals surface area contributed by atoms with Crippen molar-refractivity contribution in [3.8, 4) is 5.75 Å². The van der Waals surface area contributed by atoms with Crippen molar-refractivity contribution in [2.45, 2.75) is 52.7 Å². The number of hydrogen-bond acceptors (Lipinski definition) is 4. The van der Waals surface area contributed by atoms with E-state index in [4.69, 9.17) is 16.3 Å². The summed E-state index contributed by atoms with van der Waals surface area (Å²) in [5.74, 6) is 0.381. The first-order valence-corrected chi connectivity index (χ1v) is 9.30. The Kier molecular flexibility index (Phi) is 6.35. The Labute approximate surface area is 152 Å². The molecule has 0 spiro atoms. The van der Waals surface area contributed by atoms with E-state index >= 15 is 0 Å². The Morgan fingerprint density at radius 3 is 2.54 bits per heavy atom. The van der Waals surface area contributed by atoms with E-state index in [1.54, 1.807) is 18.2 Å². The summed E-state index contributed by atoms with van der Waals surface area (Å²) in [5.41, 5.74) is 0.770. The summed E-state index contributed by atoms with van der Waals surface area (Å²) in [4.78, 5) is 26.2. The van der Waals surface area contributed by atoms with Gasteiger partial charge in [0.2, 0.25) is 0 Å². The second kappa shape index (κ2) is 8.08. The predicted octanol–water partition coefficient (Wildman–Crippen LogP) is 5.35. The Hall–Kier alpha value is -1.46. The molecule has 24 heavy (non-hydrogen) atoms. The quantitative estimate of drug-likeness (QED) is 0.635. The molecule has 0 saturated carbocycles. The van der Waals surface area contributed by atoms with Crippen molar-refractivity contribution in [3.63, 3.8) is 0 Å². The number of carbonyl (C=O) groups excluding carboxylic acids is 2. The van der Waals surface area contributed by atoms with Gasteiger partial charge in [0.15, 0.2) is 0 Å². The number of amides is 2. The molecule has 2 atom stereocenters. The van der Waals surface area contributed by atoms with Crippen molar-refractivity contribution >= 4 is 40.6 Å². The van der Waals surface area contributed by atoms with Crippen LogP contribution >= 0.6 is 23.4 Å². The third kappa shape index (κ3) is 4.14. The maximum atomic E-state index is 12.4. The van der Waals surface area contributed by atoms with Crippen LogP contribution in [0.4, 0.5) is 4.79 Å². The van der Waals surface area contributed by atoms with Gasteiger partial charge in [-0.25, -0.2) is 0 Å². The smallest absolute Gasteiger partial charge is 0.293 e. The molecule has 1 heterocycles. The van der Waals surface area contributed by atoms with E-state index < -0.39 is 0 Å². The zero-order valence-corrected chi connectivity index (χ0v) is 15.9. The molecule has 1 aromatic carbocycles. The lowest BCUT2D eigenvalue weighted by atomic mass is 10.2. The van der Waals surface area contributed by atoms with Gasteiger partial charge in [0.25, 0.3) is 11.1 Å². The first-order chi connectivity index (χ1) is 11.4. The number of carbonyl (C=O) groups is 2. The summed E-state index contributed by atoms with van der Waals surface area (Å²) in [7, 11) is 0. The van der Waals surface area contributed by atoms with Gasteiger partial charge in [0.1, 0.15) is 5.75 Å². The van der Waals surface area contributed by atoms with Gasteiger partial charge in [-0.3, -0.25) is 14.5 Å². The average molecular weight is 368 g/mol. The van der Waals surface area contributed by atoms with Crippen LogP contribution in [-0.2, 0) is 4.79 Å². The molecule has 0 N–H and O–H groups in total. The van der Waals surface area contributed by atoms with Crippen LogP contribution in [0.5, 0.6) is 5.75 Å². The van der Waals surface area contributed by atoms with Crippen LogP contribution in [0.15, 0.2) is 23.1 Å². The molecule has 130 valence electrons. The fourth-order valence-electron chi connectivity index (χ4n) is 2.20. The van der Waals surface area contributed by atoms with Gasteiger partial charge in [-0.05, 0) is 62.2 Å². The molecular weight excluding hydrogens is 346 g/mol. The minimum atomic E-state index is -0.240.